The van der Waals surface area contributed by atoms with Gasteiger partial charge in [-0.25, -0.2) is 0 Å². The van der Waals surface area contributed by atoms with Crippen molar-refractivity contribution in [2.45, 2.75) is 70.6 Å². The van der Waals surface area contributed by atoms with Crippen LogP contribution in [0.2, 0.25) is 0 Å². The summed E-state index contributed by atoms with van der Waals surface area (Å²) in [5, 5.41) is 15.2. The van der Waals surface area contributed by atoms with E-state index in [9.17, 15) is 9.59 Å². The van der Waals surface area contributed by atoms with Crippen LogP contribution in [-0.4, -0.2) is 47.8 Å². The van der Waals surface area contributed by atoms with E-state index < -0.39 is 11.6 Å². The van der Waals surface area contributed by atoms with Gasteiger partial charge in [0.15, 0.2) is 0 Å². The number of ether oxygens (including phenoxy) is 1. The molecule has 2 unspecified atom stereocenters. The molecule has 6 heteroatoms. The van der Waals surface area contributed by atoms with Gasteiger partial charge in [0.1, 0.15) is 5.60 Å². The molecular formula is C15H28N2O4. The second kappa shape index (κ2) is 8.34. The van der Waals surface area contributed by atoms with Crippen LogP contribution in [0.1, 0.15) is 52.9 Å². The molecule has 0 radical (unpaired) electrons. The second-order valence-electron chi connectivity index (χ2n) is 6.56. The number of rotatable bonds is 7. The molecule has 0 aliphatic heterocycles. The van der Waals surface area contributed by atoms with Gasteiger partial charge in [0, 0.05) is 18.6 Å². The minimum Gasteiger partial charge on any atom is -0.480 e. The van der Waals surface area contributed by atoms with E-state index in [2.05, 4.69) is 10.6 Å². The quantitative estimate of drug-likeness (QED) is 0.614. The fourth-order valence-electron chi connectivity index (χ4n) is 2.59. The van der Waals surface area contributed by atoms with Crippen molar-refractivity contribution in [1.82, 2.24) is 10.6 Å². The number of hydrogen-bond acceptors (Lipinski definition) is 5. The number of carbonyl (C=O) groups is 2. The van der Waals surface area contributed by atoms with Gasteiger partial charge in [0.25, 0.3) is 0 Å². The fourth-order valence-corrected chi connectivity index (χ4v) is 2.59. The van der Waals surface area contributed by atoms with Gasteiger partial charge in [-0.1, -0.05) is 12.8 Å². The van der Waals surface area contributed by atoms with Crippen molar-refractivity contribution in [3.05, 3.63) is 0 Å². The number of carbonyl (C=O) groups excluding carboxylic acids is 1. The van der Waals surface area contributed by atoms with Crippen LogP contribution in [-0.2, 0) is 14.3 Å². The van der Waals surface area contributed by atoms with Gasteiger partial charge >= 0.3 is 11.9 Å². The summed E-state index contributed by atoms with van der Waals surface area (Å²) in [6.45, 7) is 6.10. The van der Waals surface area contributed by atoms with Crippen molar-refractivity contribution in [1.29, 1.82) is 0 Å². The summed E-state index contributed by atoms with van der Waals surface area (Å²) in [6, 6.07) is 0.383. The van der Waals surface area contributed by atoms with Crippen molar-refractivity contribution >= 4 is 11.9 Å². The predicted molar refractivity (Wildman–Crippen MR) is 80.1 cm³/mol. The minimum absolute atomic E-state index is 0.0189. The summed E-state index contributed by atoms with van der Waals surface area (Å²) in [7, 11) is 0. The molecule has 1 aliphatic rings. The van der Waals surface area contributed by atoms with E-state index in [-0.39, 0.29) is 24.6 Å². The molecule has 0 bridgehead atoms. The Labute approximate surface area is 126 Å². The van der Waals surface area contributed by atoms with Gasteiger partial charge in [0.2, 0.25) is 0 Å². The van der Waals surface area contributed by atoms with Crippen LogP contribution in [0, 0.1) is 0 Å². The Morgan fingerprint density at radius 3 is 2.24 bits per heavy atom. The van der Waals surface area contributed by atoms with Gasteiger partial charge in [-0.15, -0.1) is 0 Å². The number of carboxylic acid groups (broad SMARTS) is 1. The van der Waals surface area contributed by atoms with Crippen molar-refractivity contribution < 1.29 is 19.4 Å². The molecule has 0 heterocycles. The first kappa shape index (κ1) is 17.9. The highest BCUT2D eigenvalue weighted by Crippen LogP contribution is 2.18. The first-order valence-electron chi connectivity index (χ1n) is 7.68. The molecule has 0 amide bonds. The number of carboxylic acids is 1. The Morgan fingerprint density at radius 2 is 1.71 bits per heavy atom. The van der Waals surface area contributed by atoms with Crippen molar-refractivity contribution in [3.8, 4) is 0 Å². The molecule has 21 heavy (non-hydrogen) atoms. The summed E-state index contributed by atoms with van der Waals surface area (Å²) in [6.07, 6.45) is 4.55. The number of esters is 1. The molecule has 1 fully saturated rings. The van der Waals surface area contributed by atoms with Crippen LogP contribution in [0.15, 0.2) is 0 Å². The highest BCUT2D eigenvalue weighted by atomic mass is 16.6. The molecule has 122 valence electrons. The van der Waals surface area contributed by atoms with Crippen LogP contribution >= 0.6 is 0 Å². The summed E-state index contributed by atoms with van der Waals surface area (Å²) < 4.78 is 5.26. The molecule has 1 aliphatic carbocycles. The minimum atomic E-state index is -0.840. The topological polar surface area (TPSA) is 87.7 Å². The average molecular weight is 300 g/mol. The standard InChI is InChI=1S/C15H28N2O4/c1-15(2,3)21-14(20)8-9-16-11-6-4-5-7-12(11)17-10-13(18)19/h11-12,16-17H,4-10H2,1-3H3,(H,18,19). The maximum Gasteiger partial charge on any atom is 0.317 e. The zero-order valence-electron chi connectivity index (χ0n) is 13.3. The summed E-state index contributed by atoms with van der Waals surface area (Å²) in [4.78, 5) is 22.3. The van der Waals surface area contributed by atoms with Gasteiger partial charge in [-0.3, -0.25) is 9.59 Å². The Bertz CT molecular complexity index is 352. The van der Waals surface area contributed by atoms with E-state index >= 15 is 0 Å². The van der Waals surface area contributed by atoms with E-state index in [0.717, 1.165) is 25.7 Å². The Kier molecular flexibility index (Phi) is 7.11. The van der Waals surface area contributed by atoms with Gasteiger partial charge in [-0.2, -0.15) is 0 Å². The first-order chi connectivity index (χ1) is 9.78. The van der Waals surface area contributed by atoms with Crippen molar-refractivity contribution in [3.63, 3.8) is 0 Å². The SMILES string of the molecule is CC(C)(C)OC(=O)CCNC1CCCCC1NCC(=O)O. The normalized spacial score (nSPS) is 22.8. The maximum atomic E-state index is 11.6. The van der Waals surface area contributed by atoms with Gasteiger partial charge in [0.05, 0.1) is 13.0 Å². The van der Waals surface area contributed by atoms with Crippen LogP contribution in [0.5, 0.6) is 0 Å². The van der Waals surface area contributed by atoms with E-state index in [4.69, 9.17) is 9.84 Å². The highest BCUT2D eigenvalue weighted by molar-refractivity contribution is 5.70. The van der Waals surface area contributed by atoms with E-state index in [1.807, 2.05) is 20.8 Å². The van der Waals surface area contributed by atoms with Gasteiger partial charge < -0.3 is 20.5 Å². The maximum absolute atomic E-state index is 11.6. The lowest BCUT2D eigenvalue weighted by atomic mass is 9.90. The molecule has 6 nitrogen and oxygen atoms in total. The summed E-state index contributed by atoms with van der Waals surface area (Å²) in [5.41, 5.74) is -0.451. The fraction of sp³-hybridized carbons (Fsp3) is 0.867. The molecule has 2 atom stereocenters. The van der Waals surface area contributed by atoms with Crippen LogP contribution < -0.4 is 10.6 Å². The zero-order valence-corrected chi connectivity index (χ0v) is 13.3. The molecule has 0 spiro atoms. The van der Waals surface area contributed by atoms with Crippen LogP contribution in [0.4, 0.5) is 0 Å². The molecule has 1 rings (SSSR count). The lowest BCUT2D eigenvalue weighted by molar-refractivity contribution is -0.154. The lowest BCUT2D eigenvalue weighted by Crippen LogP contribution is -2.51. The van der Waals surface area contributed by atoms with E-state index in [1.54, 1.807) is 0 Å². The van der Waals surface area contributed by atoms with Crippen LogP contribution in [0.3, 0.4) is 0 Å². The number of hydrogen-bond donors (Lipinski definition) is 3. The van der Waals surface area contributed by atoms with Crippen molar-refractivity contribution in [2.75, 3.05) is 13.1 Å². The number of aliphatic carboxylic acids is 1. The molecule has 0 aromatic carbocycles. The molecule has 0 aromatic rings. The summed E-state index contributed by atoms with van der Waals surface area (Å²) in [5.74, 6) is -1.05. The van der Waals surface area contributed by atoms with E-state index in [1.165, 1.54) is 0 Å². The predicted octanol–water partition coefficient (Wildman–Crippen LogP) is 1.29. The van der Waals surface area contributed by atoms with Crippen molar-refractivity contribution in [2.24, 2.45) is 0 Å². The molecule has 0 saturated heterocycles. The third kappa shape index (κ3) is 8.02. The molecular weight excluding hydrogens is 272 g/mol. The summed E-state index contributed by atoms with van der Waals surface area (Å²) >= 11 is 0. The largest absolute Gasteiger partial charge is 0.480 e. The molecule has 3 N–H and O–H groups in total. The number of nitrogens with one attached hydrogen (secondary N) is 2. The Balaban J connectivity index is 2.30. The van der Waals surface area contributed by atoms with Gasteiger partial charge in [-0.05, 0) is 33.6 Å². The first-order valence-corrected chi connectivity index (χ1v) is 7.68. The monoisotopic (exact) mass is 300 g/mol. The van der Waals surface area contributed by atoms with E-state index in [0.29, 0.717) is 13.0 Å². The Morgan fingerprint density at radius 1 is 1.14 bits per heavy atom. The average Bonchev–Trinajstić information content (AvgIpc) is 2.35. The van der Waals surface area contributed by atoms with Crippen LogP contribution in [0.25, 0.3) is 0 Å². The second-order valence-corrected chi connectivity index (χ2v) is 6.56. The Hall–Kier alpha value is -1.14. The highest BCUT2D eigenvalue weighted by Gasteiger charge is 2.25. The zero-order chi connectivity index (χ0) is 15.9. The molecule has 0 aromatic heterocycles. The lowest BCUT2D eigenvalue weighted by Gasteiger charge is -2.32. The third-order valence-corrected chi connectivity index (χ3v) is 3.44. The molecule has 1 saturated carbocycles. The smallest absolute Gasteiger partial charge is 0.317 e. The third-order valence-electron chi connectivity index (χ3n) is 3.44.